The third-order valence-electron chi connectivity index (χ3n) is 3.66. The van der Waals surface area contributed by atoms with Gasteiger partial charge in [-0.2, -0.15) is 4.98 Å². The molecular formula is C12H19N5. The van der Waals surface area contributed by atoms with Gasteiger partial charge in [0.1, 0.15) is 5.82 Å². The standard InChI is InChI=1S/C12H19N5/c1-7-6-14-12(17-13)16-11(7)15-10(8-2-3-8)9-4-5-9/h6,8-10H,2-5,13H2,1H3,(H2,14,15,16,17). The molecule has 0 unspecified atom stereocenters. The molecule has 2 saturated carbocycles. The van der Waals surface area contributed by atoms with Gasteiger partial charge in [0.05, 0.1) is 0 Å². The number of nitrogen functional groups attached to an aromatic ring is 1. The second-order valence-electron chi connectivity index (χ2n) is 5.21. The highest BCUT2D eigenvalue weighted by atomic mass is 15.3. The van der Waals surface area contributed by atoms with Crippen LogP contribution in [0, 0.1) is 18.8 Å². The molecular weight excluding hydrogens is 214 g/mol. The Hall–Kier alpha value is -1.36. The fraction of sp³-hybridized carbons (Fsp3) is 0.667. The van der Waals surface area contributed by atoms with Crippen molar-refractivity contribution in [3.8, 4) is 0 Å². The molecule has 4 N–H and O–H groups in total. The van der Waals surface area contributed by atoms with Gasteiger partial charge in [-0.25, -0.2) is 10.8 Å². The van der Waals surface area contributed by atoms with E-state index in [2.05, 4.69) is 20.7 Å². The van der Waals surface area contributed by atoms with E-state index in [0.717, 1.165) is 23.2 Å². The van der Waals surface area contributed by atoms with Crippen LogP contribution in [-0.4, -0.2) is 16.0 Å². The molecule has 2 aliphatic carbocycles. The lowest BCUT2D eigenvalue weighted by Gasteiger charge is -2.19. The third kappa shape index (κ3) is 2.34. The number of aryl methyl sites for hydroxylation is 1. The van der Waals surface area contributed by atoms with E-state index in [0.29, 0.717) is 12.0 Å². The monoisotopic (exact) mass is 233 g/mol. The lowest BCUT2D eigenvalue weighted by atomic mass is 10.1. The van der Waals surface area contributed by atoms with Crippen LogP contribution >= 0.6 is 0 Å². The molecule has 2 fully saturated rings. The quantitative estimate of drug-likeness (QED) is 0.533. The summed E-state index contributed by atoms with van der Waals surface area (Å²) in [5, 5.41) is 3.60. The van der Waals surface area contributed by atoms with Crippen molar-refractivity contribution in [2.24, 2.45) is 17.7 Å². The van der Waals surface area contributed by atoms with Crippen LogP contribution in [0.4, 0.5) is 11.8 Å². The Bertz CT molecular complexity index is 399. The van der Waals surface area contributed by atoms with Crippen LogP contribution in [0.15, 0.2) is 6.20 Å². The molecule has 3 rings (SSSR count). The zero-order valence-electron chi connectivity index (χ0n) is 10.1. The van der Waals surface area contributed by atoms with E-state index in [9.17, 15) is 0 Å². The van der Waals surface area contributed by atoms with Crippen molar-refractivity contribution in [2.45, 2.75) is 38.6 Å². The number of nitrogens with two attached hydrogens (primary N) is 1. The summed E-state index contributed by atoms with van der Waals surface area (Å²) in [4.78, 5) is 8.49. The molecule has 0 spiro atoms. The molecule has 0 bridgehead atoms. The summed E-state index contributed by atoms with van der Waals surface area (Å²) < 4.78 is 0. The molecule has 17 heavy (non-hydrogen) atoms. The van der Waals surface area contributed by atoms with Crippen molar-refractivity contribution in [1.29, 1.82) is 0 Å². The molecule has 0 aromatic carbocycles. The van der Waals surface area contributed by atoms with Gasteiger partial charge in [0.25, 0.3) is 0 Å². The highest BCUT2D eigenvalue weighted by Crippen LogP contribution is 2.45. The first kappa shape index (κ1) is 10.8. The second kappa shape index (κ2) is 4.14. The van der Waals surface area contributed by atoms with Crippen LogP contribution in [0.1, 0.15) is 31.2 Å². The maximum Gasteiger partial charge on any atom is 0.239 e. The smallest absolute Gasteiger partial charge is 0.239 e. The Morgan fingerprint density at radius 1 is 1.29 bits per heavy atom. The first-order valence-corrected chi connectivity index (χ1v) is 6.34. The Morgan fingerprint density at radius 3 is 2.47 bits per heavy atom. The highest BCUT2D eigenvalue weighted by molar-refractivity contribution is 5.47. The van der Waals surface area contributed by atoms with Crippen molar-refractivity contribution in [1.82, 2.24) is 9.97 Å². The molecule has 1 heterocycles. The summed E-state index contributed by atoms with van der Waals surface area (Å²) in [5.41, 5.74) is 3.57. The van der Waals surface area contributed by atoms with Crippen molar-refractivity contribution in [2.75, 3.05) is 10.7 Å². The topological polar surface area (TPSA) is 75.9 Å². The molecule has 0 atom stereocenters. The SMILES string of the molecule is Cc1cnc(NN)nc1NC(C1CC1)C1CC1. The number of hydrogen-bond donors (Lipinski definition) is 3. The van der Waals surface area contributed by atoms with Gasteiger partial charge < -0.3 is 5.32 Å². The Balaban J connectivity index is 1.77. The van der Waals surface area contributed by atoms with E-state index < -0.39 is 0 Å². The van der Waals surface area contributed by atoms with Crippen LogP contribution < -0.4 is 16.6 Å². The van der Waals surface area contributed by atoms with Gasteiger partial charge in [0.2, 0.25) is 5.95 Å². The maximum atomic E-state index is 5.34. The number of nitrogens with zero attached hydrogens (tertiary/aromatic N) is 2. The van der Waals surface area contributed by atoms with Crippen molar-refractivity contribution in [3.05, 3.63) is 11.8 Å². The minimum Gasteiger partial charge on any atom is -0.366 e. The molecule has 0 amide bonds. The van der Waals surface area contributed by atoms with Gasteiger partial charge in [-0.05, 0) is 44.4 Å². The van der Waals surface area contributed by atoms with Crippen LogP contribution in [0.25, 0.3) is 0 Å². The van der Waals surface area contributed by atoms with E-state index in [4.69, 9.17) is 5.84 Å². The fourth-order valence-corrected chi connectivity index (χ4v) is 2.35. The summed E-state index contributed by atoms with van der Waals surface area (Å²) >= 11 is 0. The van der Waals surface area contributed by atoms with Gasteiger partial charge in [0.15, 0.2) is 0 Å². The van der Waals surface area contributed by atoms with Crippen molar-refractivity contribution < 1.29 is 0 Å². The zero-order valence-corrected chi connectivity index (χ0v) is 10.1. The summed E-state index contributed by atoms with van der Waals surface area (Å²) in [6.07, 6.45) is 7.25. The molecule has 1 aromatic rings. The van der Waals surface area contributed by atoms with Crippen LogP contribution in [0.5, 0.6) is 0 Å². The summed E-state index contributed by atoms with van der Waals surface area (Å²) in [6, 6.07) is 0.606. The largest absolute Gasteiger partial charge is 0.366 e. The number of anilines is 2. The summed E-state index contributed by atoms with van der Waals surface area (Å²) in [6.45, 7) is 2.03. The van der Waals surface area contributed by atoms with E-state index in [-0.39, 0.29) is 0 Å². The van der Waals surface area contributed by atoms with Gasteiger partial charge in [-0.3, -0.25) is 5.43 Å². The first-order chi connectivity index (χ1) is 8.28. The number of rotatable bonds is 5. The third-order valence-corrected chi connectivity index (χ3v) is 3.66. The predicted octanol–water partition coefficient (Wildman–Crippen LogP) is 1.67. The summed E-state index contributed by atoms with van der Waals surface area (Å²) in [7, 11) is 0. The Morgan fingerprint density at radius 2 is 1.94 bits per heavy atom. The lowest BCUT2D eigenvalue weighted by Crippen LogP contribution is -2.26. The number of nitrogens with one attached hydrogen (secondary N) is 2. The molecule has 5 heteroatoms. The molecule has 0 aliphatic heterocycles. The Labute approximate surface area is 101 Å². The molecule has 5 nitrogen and oxygen atoms in total. The number of aromatic nitrogens is 2. The minimum absolute atomic E-state index is 0.475. The van der Waals surface area contributed by atoms with Gasteiger partial charge in [-0.1, -0.05) is 0 Å². The van der Waals surface area contributed by atoms with E-state index >= 15 is 0 Å². The molecule has 0 radical (unpaired) electrons. The normalized spacial score (nSPS) is 19.5. The zero-order chi connectivity index (χ0) is 11.8. The molecule has 0 saturated heterocycles. The molecule has 92 valence electrons. The first-order valence-electron chi connectivity index (χ1n) is 6.34. The van der Waals surface area contributed by atoms with E-state index in [1.54, 1.807) is 6.20 Å². The average molecular weight is 233 g/mol. The predicted molar refractivity (Wildman–Crippen MR) is 67.4 cm³/mol. The van der Waals surface area contributed by atoms with E-state index in [1.165, 1.54) is 25.7 Å². The highest BCUT2D eigenvalue weighted by Gasteiger charge is 2.41. The van der Waals surface area contributed by atoms with Gasteiger partial charge in [0, 0.05) is 17.8 Å². The molecule has 2 aliphatic rings. The van der Waals surface area contributed by atoms with E-state index in [1.807, 2.05) is 6.92 Å². The minimum atomic E-state index is 0.475. The number of hydrazine groups is 1. The number of hydrogen-bond acceptors (Lipinski definition) is 5. The maximum absolute atomic E-state index is 5.34. The van der Waals surface area contributed by atoms with Crippen molar-refractivity contribution in [3.63, 3.8) is 0 Å². The van der Waals surface area contributed by atoms with Crippen LogP contribution in [0.2, 0.25) is 0 Å². The summed E-state index contributed by atoms with van der Waals surface area (Å²) in [5.74, 6) is 8.45. The van der Waals surface area contributed by atoms with Gasteiger partial charge >= 0.3 is 0 Å². The molecule has 1 aromatic heterocycles. The lowest BCUT2D eigenvalue weighted by molar-refractivity contribution is 0.565. The average Bonchev–Trinajstić information content (AvgIpc) is 3.19. The fourth-order valence-electron chi connectivity index (χ4n) is 2.35. The van der Waals surface area contributed by atoms with Crippen LogP contribution in [-0.2, 0) is 0 Å². The second-order valence-corrected chi connectivity index (χ2v) is 5.21. The van der Waals surface area contributed by atoms with Crippen molar-refractivity contribution >= 4 is 11.8 Å². The van der Waals surface area contributed by atoms with Crippen LogP contribution in [0.3, 0.4) is 0 Å². The Kier molecular flexibility index (Phi) is 2.63. The van der Waals surface area contributed by atoms with Gasteiger partial charge in [-0.15, -0.1) is 0 Å².